The van der Waals surface area contributed by atoms with E-state index >= 15 is 0 Å². The van der Waals surface area contributed by atoms with Gasteiger partial charge in [-0.15, -0.1) is 0 Å². The molecule has 2 N–H and O–H groups in total. The average molecular weight is 281 g/mol. The standard InChI is InChI=1S/C15H27N3O2/c1-10(2)14(16)15(20)17-8-4-5-13(17)9-18(11(3)19)12-6-7-12/h10,12-14H,4-9,16H2,1-3H3. The Balaban J connectivity index is 1.99. The number of nitrogens with zero attached hydrogens (tertiary/aromatic N) is 2. The Kier molecular flexibility index (Phi) is 4.68. The Morgan fingerprint density at radius 1 is 1.30 bits per heavy atom. The van der Waals surface area contributed by atoms with Crippen LogP contribution in [0.25, 0.3) is 0 Å². The third kappa shape index (κ3) is 3.32. The first-order valence-electron chi connectivity index (χ1n) is 7.75. The molecule has 1 saturated carbocycles. The second-order valence-corrected chi connectivity index (χ2v) is 6.50. The Labute approximate surface area is 121 Å². The quantitative estimate of drug-likeness (QED) is 0.816. The molecule has 0 aromatic carbocycles. The summed E-state index contributed by atoms with van der Waals surface area (Å²) in [5.74, 6) is 0.317. The zero-order chi connectivity index (χ0) is 14.9. The molecular formula is C15H27N3O2. The molecule has 2 atom stereocenters. The number of likely N-dealkylation sites (tertiary alicyclic amines) is 1. The van der Waals surface area contributed by atoms with E-state index in [1.807, 2.05) is 23.6 Å². The van der Waals surface area contributed by atoms with E-state index in [2.05, 4.69) is 0 Å². The van der Waals surface area contributed by atoms with Crippen LogP contribution in [-0.4, -0.2) is 52.8 Å². The van der Waals surface area contributed by atoms with Crippen LogP contribution in [0.1, 0.15) is 46.5 Å². The molecule has 0 spiro atoms. The first-order valence-corrected chi connectivity index (χ1v) is 7.75. The molecule has 2 rings (SSSR count). The Morgan fingerprint density at radius 3 is 2.45 bits per heavy atom. The maximum Gasteiger partial charge on any atom is 0.240 e. The minimum Gasteiger partial charge on any atom is -0.338 e. The zero-order valence-electron chi connectivity index (χ0n) is 12.8. The van der Waals surface area contributed by atoms with Crippen molar-refractivity contribution in [3.8, 4) is 0 Å². The van der Waals surface area contributed by atoms with Gasteiger partial charge < -0.3 is 15.5 Å². The van der Waals surface area contributed by atoms with E-state index < -0.39 is 6.04 Å². The highest BCUT2D eigenvalue weighted by molar-refractivity contribution is 5.82. The lowest BCUT2D eigenvalue weighted by atomic mass is 10.0. The van der Waals surface area contributed by atoms with Gasteiger partial charge in [0.1, 0.15) is 0 Å². The highest BCUT2D eigenvalue weighted by Gasteiger charge is 2.37. The minimum absolute atomic E-state index is 0.0433. The predicted molar refractivity (Wildman–Crippen MR) is 78.0 cm³/mol. The van der Waals surface area contributed by atoms with Gasteiger partial charge in [-0.1, -0.05) is 13.8 Å². The summed E-state index contributed by atoms with van der Waals surface area (Å²) in [6, 6.07) is 0.128. The molecule has 0 aromatic rings. The van der Waals surface area contributed by atoms with Crippen LogP contribution >= 0.6 is 0 Å². The van der Waals surface area contributed by atoms with E-state index in [1.54, 1.807) is 6.92 Å². The summed E-state index contributed by atoms with van der Waals surface area (Å²) in [4.78, 5) is 28.0. The Morgan fingerprint density at radius 2 is 1.95 bits per heavy atom. The number of hydrogen-bond acceptors (Lipinski definition) is 3. The van der Waals surface area contributed by atoms with Crippen molar-refractivity contribution in [2.24, 2.45) is 11.7 Å². The summed E-state index contributed by atoms with van der Waals surface area (Å²) in [6.07, 6.45) is 4.20. The number of nitrogens with two attached hydrogens (primary N) is 1. The van der Waals surface area contributed by atoms with Crippen LogP contribution in [0.15, 0.2) is 0 Å². The van der Waals surface area contributed by atoms with Crippen molar-refractivity contribution in [2.45, 2.75) is 64.6 Å². The monoisotopic (exact) mass is 281 g/mol. The van der Waals surface area contributed by atoms with Gasteiger partial charge in [-0.25, -0.2) is 0 Å². The summed E-state index contributed by atoms with van der Waals surface area (Å²) in [6.45, 7) is 7.02. The lowest BCUT2D eigenvalue weighted by Gasteiger charge is -2.32. The molecule has 1 saturated heterocycles. The van der Waals surface area contributed by atoms with Crippen molar-refractivity contribution in [2.75, 3.05) is 13.1 Å². The Bertz CT molecular complexity index is 379. The molecule has 1 heterocycles. The van der Waals surface area contributed by atoms with E-state index in [1.165, 1.54) is 0 Å². The van der Waals surface area contributed by atoms with Crippen LogP contribution < -0.4 is 5.73 Å². The SMILES string of the molecule is CC(=O)N(CC1CCCN1C(=O)C(N)C(C)C)C1CC1. The zero-order valence-corrected chi connectivity index (χ0v) is 12.8. The molecule has 114 valence electrons. The number of hydrogen-bond donors (Lipinski definition) is 1. The lowest BCUT2D eigenvalue weighted by molar-refractivity contribution is -0.137. The summed E-state index contributed by atoms with van der Waals surface area (Å²) >= 11 is 0. The van der Waals surface area contributed by atoms with Crippen molar-refractivity contribution in [1.29, 1.82) is 0 Å². The number of rotatable bonds is 5. The first-order chi connectivity index (χ1) is 9.41. The highest BCUT2D eigenvalue weighted by atomic mass is 16.2. The van der Waals surface area contributed by atoms with Crippen molar-refractivity contribution in [3.05, 3.63) is 0 Å². The van der Waals surface area contributed by atoms with Crippen LogP contribution in [0.4, 0.5) is 0 Å². The van der Waals surface area contributed by atoms with Gasteiger partial charge in [0.2, 0.25) is 11.8 Å². The van der Waals surface area contributed by atoms with Gasteiger partial charge in [0.05, 0.1) is 6.04 Å². The average Bonchev–Trinajstić information content (AvgIpc) is 3.12. The molecule has 2 aliphatic rings. The molecule has 5 nitrogen and oxygen atoms in total. The summed E-state index contributed by atoms with van der Waals surface area (Å²) < 4.78 is 0. The van der Waals surface area contributed by atoms with Crippen molar-refractivity contribution in [1.82, 2.24) is 9.80 Å². The van der Waals surface area contributed by atoms with Crippen molar-refractivity contribution in [3.63, 3.8) is 0 Å². The third-order valence-electron chi connectivity index (χ3n) is 4.46. The summed E-state index contributed by atoms with van der Waals surface area (Å²) in [5, 5.41) is 0. The van der Waals surface area contributed by atoms with Crippen LogP contribution in [0.2, 0.25) is 0 Å². The van der Waals surface area contributed by atoms with Gasteiger partial charge in [0.15, 0.2) is 0 Å². The second kappa shape index (κ2) is 6.12. The lowest BCUT2D eigenvalue weighted by Crippen LogP contribution is -2.51. The smallest absolute Gasteiger partial charge is 0.240 e. The van der Waals surface area contributed by atoms with Gasteiger partial charge >= 0.3 is 0 Å². The minimum atomic E-state index is -0.428. The fraction of sp³-hybridized carbons (Fsp3) is 0.867. The largest absolute Gasteiger partial charge is 0.338 e. The molecule has 1 aliphatic heterocycles. The third-order valence-corrected chi connectivity index (χ3v) is 4.46. The molecule has 0 aromatic heterocycles. The van der Waals surface area contributed by atoms with Gasteiger partial charge in [-0.2, -0.15) is 0 Å². The van der Waals surface area contributed by atoms with Gasteiger partial charge in [-0.05, 0) is 31.6 Å². The number of carbonyl (C=O) groups is 2. The van der Waals surface area contributed by atoms with Crippen molar-refractivity contribution >= 4 is 11.8 Å². The van der Waals surface area contributed by atoms with Crippen molar-refractivity contribution < 1.29 is 9.59 Å². The molecule has 2 unspecified atom stereocenters. The molecular weight excluding hydrogens is 254 g/mol. The van der Waals surface area contributed by atoms with E-state index in [0.717, 1.165) is 32.2 Å². The summed E-state index contributed by atoms with van der Waals surface area (Å²) in [5.41, 5.74) is 5.99. The van der Waals surface area contributed by atoms with Gasteiger partial charge in [-0.3, -0.25) is 9.59 Å². The van der Waals surface area contributed by atoms with Crippen LogP contribution in [0, 0.1) is 5.92 Å². The van der Waals surface area contributed by atoms with E-state index in [-0.39, 0.29) is 23.8 Å². The molecule has 5 heteroatoms. The predicted octanol–water partition coefficient (Wildman–Crippen LogP) is 0.972. The van der Waals surface area contributed by atoms with Crippen LogP contribution in [0.3, 0.4) is 0 Å². The van der Waals surface area contributed by atoms with E-state index in [4.69, 9.17) is 5.73 Å². The molecule has 0 radical (unpaired) electrons. The van der Waals surface area contributed by atoms with Gasteiger partial charge in [0.25, 0.3) is 0 Å². The fourth-order valence-corrected chi connectivity index (χ4v) is 2.94. The van der Waals surface area contributed by atoms with Crippen LogP contribution in [0.5, 0.6) is 0 Å². The molecule has 20 heavy (non-hydrogen) atoms. The second-order valence-electron chi connectivity index (χ2n) is 6.50. The maximum atomic E-state index is 12.4. The molecule has 0 bridgehead atoms. The molecule has 2 fully saturated rings. The van der Waals surface area contributed by atoms with E-state index in [9.17, 15) is 9.59 Å². The summed E-state index contributed by atoms with van der Waals surface area (Å²) in [7, 11) is 0. The topological polar surface area (TPSA) is 66.6 Å². The van der Waals surface area contributed by atoms with E-state index in [0.29, 0.717) is 12.6 Å². The Hall–Kier alpha value is -1.10. The van der Waals surface area contributed by atoms with Crippen LogP contribution in [-0.2, 0) is 9.59 Å². The molecule has 2 amide bonds. The number of amides is 2. The first kappa shape index (κ1) is 15.3. The normalized spacial score (nSPS) is 24.1. The highest BCUT2D eigenvalue weighted by Crippen LogP contribution is 2.29. The molecule has 1 aliphatic carbocycles. The number of carbonyl (C=O) groups excluding carboxylic acids is 2. The van der Waals surface area contributed by atoms with Gasteiger partial charge in [0, 0.05) is 32.1 Å². The fourth-order valence-electron chi connectivity index (χ4n) is 2.94. The maximum absolute atomic E-state index is 12.4.